The van der Waals surface area contributed by atoms with Crippen LogP contribution in [0.2, 0.25) is 0 Å². The van der Waals surface area contributed by atoms with Gasteiger partial charge in [0.25, 0.3) is 0 Å². The Morgan fingerprint density at radius 3 is 1.55 bits per heavy atom. The summed E-state index contributed by atoms with van der Waals surface area (Å²) in [5.74, 6) is -1.00. The Kier molecular flexibility index (Phi) is 6.89. The van der Waals surface area contributed by atoms with E-state index in [1.54, 1.807) is 0 Å². The number of carbonyl (C=O) groups is 2. The zero-order valence-corrected chi connectivity index (χ0v) is 12.7. The van der Waals surface area contributed by atoms with Crippen molar-refractivity contribution in [2.24, 2.45) is 10.2 Å². The maximum atomic E-state index is 12.6. The van der Waals surface area contributed by atoms with Gasteiger partial charge in [-0.15, -0.1) is 0 Å². The molecule has 1 aliphatic rings. The van der Waals surface area contributed by atoms with E-state index in [2.05, 4.69) is 20.1 Å². The first-order chi connectivity index (χ1) is 10.6. The van der Waals surface area contributed by atoms with Crippen LogP contribution in [0.4, 0.5) is 0 Å². The lowest BCUT2D eigenvalue weighted by atomic mass is 9.86. The zero-order chi connectivity index (χ0) is 16.5. The van der Waals surface area contributed by atoms with Gasteiger partial charge in [0, 0.05) is 21.0 Å². The lowest BCUT2D eigenvalue weighted by Gasteiger charge is -2.19. The number of ketones is 2. The molecule has 0 bridgehead atoms. The van der Waals surface area contributed by atoms with E-state index in [0.29, 0.717) is 25.7 Å². The topological polar surface area (TPSA) is 132 Å². The maximum Gasteiger partial charge on any atom is 0.198 e. The van der Waals surface area contributed by atoms with Crippen molar-refractivity contribution in [2.45, 2.75) is 52.4 Å². The molecule has 0 aromatic heterocycles. The van der Waals surface area contributed by atoms with E-state index in [-0.39, 0.29) is 28.3 Å². The van der Waals surface area contributed by atoms with Crippen molar-refractivity contribution in [2.75, 3.05) is 0 Å². The first-order valence-electron chi connectivity index (χ1n) is 7.28. The minimum absolute atomic E-state index is 0.229. The highest BCUT2D eigenvalue weighted by Gasteiger charge is 2.32. The van der Waals surface area contributed by atoms with Gasteiger partial charge in [-0.1, -0.05) is 36.9 Å². The first-order valence-corrected chi connectivity index (χ1v) is 7.28. The van der Waals surface area contributed by atoms with Gasteiger partial charge in [-0.3, -0.25) is 9.59 Å². The standard InChI is InChI=1S/C14H18N6O2/c1-3-5-7-9-11(17-19-15)14(22)12(18-20-16)10(13(9)21)8-6-4-2/h3-8H2,1-2H3. The summed E-state index contributed by atoms with van der Waals surface area (Å²) in [4.78, 5) is 30.3. The van der Waals surface area contributed by atoms with Crippen LogP contribution in [0.5, 0.6) is 0 Å². The lowest BCUT2D eigenvalue weighted by molar-refractivity contribution is -0.116. The normalized spacial score (nSPS) is 14.8. The first kappa shape index (κ1) is 17.5. The number of unbranched alkanes of at least 4 members (excludes halogenated alkanes) is 2. The Balaban J connectivity index is 3.42. The van der Waals surface area contributed by atoms with Crippen LogP contribution in [0.25, 0.3) is 20.9 Å². The van der Waals surface area contributed by atoms with Gasteiger partial charge in [0.05, 0.1) is 11.4 Å². The molecule has 0 N–H and O–H groups in total. The molecule has 0 saturated carbocycles. The summed E-state index contributed by atoms with van der Waals surface area (Å²) in [6, 6.07) is 0. The predicted octanol–water partition coefficient (Wildman–Crippen LogP) is 4.65. The molecule has 8 nitrogen and oxygen atoms in total. The monoisotopic (exact) mass is 302 g/mol. The number of Topliss-reactive ketones (excluding diaryl/α,β-unsaturated/α-hetero) is 2. The van der Waals surface area contributed by atoms with Crippen LogP contribution in [0.3, 0.4) is 0 Å². The highest BCUT2D eigenvalue weighted by molar-refractivity contribution is 6.24. The molecule has 0 aliphatic heterocycles. The zero-order valence-electron chi connectivity index (χ0n) is 12.7. The Hall–Kier alpha value is -2.56. The van der Waals surface area contributed by atoms with E-state index in [1.807, 2.05) is 13.8 Å². The van der Waals surface area contributed by atoms with Crippen LogP contribution in [-0.4, -0.2) is 11.6 Å². The fourth-order valence-electron chi connectivity index (χ4n) is 2.26. The average Bonchev–Trinajstić information content (AvgIpc) is 2.51. The molecule has 1 aliphatic carbocycles. The van der Waals surface area contributed by atoms with Crippen molar-refractivity contribution in [3.05, 3.63) is 43.4 Å². The molecule has 0 radical (unpaired) electrons. The summed E-state index contributed by atoms with van der Waals surface area (Å²) in [6.45, 7) is 3.92. The Morgan fingerprint density at radius 1 is 0.818 bits per heavy atom. The molecule has 8 heteroatoms. The summed E-state index contributed by atoms with van der Waals surface area (Å²) >= 11 is 0. The molecule has 0 atom stereocenters. The number of nitrogens with zero attached hydrogens (tertiary/aromatic N) is 6. The van der Waals surface area contributed by atoms with Crippen LogP contribution in [0, 0.1) is 0 Å². The lowest BCUT2D eigenvalue weighted by Crippen LogP contribution is -2.22. The van der Waals surface area contributed by atoms with E-state index in [1.165, 1.54) is 0 Å². The molecular weight excluding hydrogens is 284 g/mol. The van der Waals surface area contributed by atoms with E-state index >= 15 is 0 Å². The summed E-state index contributed by atoms with van der Waals surface area (Å²) in [5, 5.41) is 6.74. The van der Waals surface area contributed by atoms with Crippen molar-refractivity contribution >= 4 is 11.6 Å². The second-order valence-electron chi connectivity index (χ2n) is 4.90. The summed E-state index contributed by atoms with van der Waals surface area (Å²) in [6.07, 6.45) is 3.83. The number of carbonyl (C=O) groups excluding carboxylic acids is 2. The van der Waals surface area contributed by atoms with E-state index in [0.717, 1.165) is 12.8 Å². The minimum atomic E-state index is -0.660. The predicted molar refractivity (Wildman–Crippen MR) is 81.4 cm³/mol. The van der Waals surface area contributed by atoms with Gasteiger partial charge in [-0.2, -0.15) is 0 Å². The Bertz CT molecular complexity index is 582. The number of azide groups is 2. The number of hydrogen-bond donors (Lipinski definition) is 0. The van der Waals surface area contributed by atoms with Crippen LogP contribution >= 0.6 is 0 Å². The molecule has 22 heavy (non-hydrogen) atoms. The minimum Gasteiger partial charge on any atom is -0.289 e. The van der Waals surface area contributed by atoms with Gasteiger partial charge in [-0.05, 0) is 36.7 Å². The van der Waals surface area contributed by atoms with Gasteiger partial charge in [-0.25, -0.2) is 0 Å². The fourth-order valence-corrected chi connectivity index (χ4v) is 2.26. The second kappa shape index (κ2) is 8.67. The molecule has 0 unspecified atom stereocenters. The highest BCUT2D eigenvalue weighted by Crippen LogP contribution is 2.32. The molecular formula is C14H18N6O2. The third-order valence-corrected chi connectivity index (χ3v) is 3.40. The van der Waals surface area contributed by atoms with E-state index < -0.39 is 5.78 Å². The number of hydrogen-bond acceptors (Lipinski definition) is 4. The molecule has 116 valence electrons. The third-order valence-electron chi connectivity index (χ3n) is 3.40. The maximum absolute atomic E-state index is 12.6. The van der Waals surface area contributed by atoms with Crippen molar-refractivity contribution in [3.63, 3.8) is 0 Å². The number of rotatable bonds is 8. The van der Waals surface area contributed by atoms with Gasteiger partial charge in [0.1, 0.15) is 0 Å². The SMILES string of the molecule is CCCCC1=C(N=[N+]=[N-])C(=O)C(N=[N+]=[N-])=C(CCCC)C1=O. The van der Waals surface area contributed by atoms with E-state index in [9.17, 15) is 9.59 Å². The van der Waals surface area contributed by atoms with Crippen molar-refractivity contribution in [3.8, 4) is 0 Å². The molecule has 1 rings (SSSR count). The second-order valence-corrected chi connectivity index (χ2v) is 4.90. The van der Waals surface area contributed by atoms with Crippen molar-refractivity contribution in [1.82, 2.24) is 0 Å². The smallest absolute Gasteiger partial charge is 0.198 e. The molecule has 0 amide bonds. The van der Waals surface area contributed by atoms with Crippen LogP contribution < -0.4 is 0 Å². The molecule has 0 aromatic carbocycles. The van der Waals surface area contributed by atoms with Gasteiger partial charge >= 0.3 is 0 Å². The summed E-state index contributed by atoms with van der Waals surface area (Å²) in [7, 11) is 0. The third kappa shape index (κ3) is 3.75. The fraction of sp³-hybridized carbons (Fsp3) is 0.571. The van der Waals surface area contributed by atoms with Crippen LogP contribution in [0.1, 0.15) is 52.4 Å². The molecule has 0 saturated heterocycles. The Morgan fingerprint density at radius 2 is 1.23 bits per heavy atom. The molecule has 0 spiro atoms. The van der Waals surface area contributed by atoms with Crippen LogP contribution in [-0.2, 0) is 9.59 Å². The average molecular weight is 302 g/mol. The number of allylic oxidation sites excluding steroid dienone is 2. The largest absolute Gasteiger partial charge is 0.289 e. The molecule has 0 aromatic rings. The Labute approximate surface area is 128 Å². The van der Waals surface area contributed by atoms with E-state index in [4.69, 9.17) is 11.1 Å². The van der Waals surface area contributed by atoms with Crippen molar-refractivity contribution in [1.29, 1.82) is 0 Å². The summed E-state index contributed by atoms with van der Waals surface area (Å²) < 4.78 is 0. The molecule has 0 heterocycles. The highest BCUT2D eigenvalue weighted by atomic mass is 16.1. The van der Waals surface area contributed by atoms with Gasteiger partial charge < -0.3 is 0 Å². The van der Waals surface area contributed by atoms with Crippen LogP contribution in [0.15, 0.2) is 32.8 Å². The molecule has 0 fully saturated rings. The van der Waals surface area contributed by atoms with Gasteiger partial charge in [0.2, 0.25) is 0 Å². The summed E-state index contributed by atoms with van der Waals surface area (Å²) in [5.41, 5.74) is 17.3. The van der Waals surface area contributed by atoms with Gasteiger partial charge in [0.15, 0.2) is 11.6 Å². The quantitative estimate of drug-likeness (QED) is 0.279. The van der Waals surface area contributed by atoms with Crippen molar-refractivity contribution < 1.29 is 9.59 Å².